The molecule has 7 nitrogen and oxygen atoms in total. The quantitative estimate of drug-likeness (QED) is 0.825. The van der Waals surface area contributed by atoms with E-state index in [4.69, 9.17) is 0 Å². The van der Waals surface area contributed by atoms with Crippen LogP contribution in [0, 0.1) is 0 Å². The van der Waals surface area contributed by atoms with E-state index in [1.165, 1.54) is 19.1 Å². The van der Waals surface area contributed by atoms with E-state index in [0.29, 0.717) is 30.8 Å². The van der Waals surface area contributed by atoms with Gasteiger partial charge in [-0.25, -0.2) is 8.42 Å². The molecule has 1 aliphatic rings. The largest absolute Gasteiger partial charge is 0.326 e. The summed E-state index contributed by atoms with van der Waals surface area (Å²) >= 11 is 0. The Hall–Kier alpha value is -2.87. The number of amides is 2. The Balaban J connectivity index is 1.77. The standard InChI is InChI=1S/C19H21N3O4S/c1-3-19(24)20-15-4-7-17(8-5-15)27(25,26)21-16-6-9-18-14(12-16)10-11-22(18)13(2)23/h4-9,12,21H,3,10-11H2,1-2H3,(H,20,24). The molecular formula is C19H21N3O4S. The van der Waals surface area contributed by atoms with Gasteiger partial charge < -0.3 is 10.2 Å². The fraction of sp³-hybridized carbons (Fsp3) is 0.263. The molecule has 142 valence electrons. The van der Waals surface area contributed by atoms with Crippen LogP contribution in [-0.2, 0) is 26.0 Å². The number of anilines is 3. The second kappa shape index (κ2) is 7.40. The summed E-state index contributed by atoms with van der Waals surface area (Å²) in [5.41, 5.74) is 2.75. The highest BCUT2D eigenvalue weighted by molar-refractivity contribution is 7.92. The average molecular weight is 387 g/mol. The van der Waals surface area contributed by atoms with Crippen LogP contribution in [0.15, 0.2) is 47.4 Å². The van der Waals surface area contributed by atoms with E-state index in [0.717, 1.165) is 11.3 Å². The molecule has 0 fully saturated rings. The van der Waals surface area contributed by atoms with E-state index < -0.39 is 10.0 Å². The number of nitrogens with zero attached hydrogens (tertiary/aromatic N) is 1. The van der Waals surface area contributed by atoms with Crippen molar-refractivity contribution in [1.29, 1.82) is 0 Å². The fourth-order valence-electron chi connectivity index (χ4n) is 2.97. The van der Waals surface area contributed by atoms with Gasteiger partial charge >= 0.3 is 0 Å². The molecule has 8 heteroatoms. The van der Waals surface area contributed by atoms with Crippen LogP contribution in [-0.4, -0.2) is 26.8 Å². The molecule has 0 spiro atoms. The average Bonchev–Trinajstić information content (AvgIpc) is 3.05. The van der Waals surface area contributed by atoms with Gasteiger partial charge in [-0.15, -0.1) is 0 Å². The molecule has 0 aliphatic carbocycles. The van der Waals surface area contributed by atoms with Crippen molar-refractivity contribution in [3.05, 3.63) is 48.0 Å². The highest BCUT2D eigenvalue weighted by Gasteiger charge is 2.23. The molecule has 2 aromatic rings. The lowest BCUT2D eigenvalue weighted by molar-refractivity contribution is -0.117. The van der Waals surface area contributed by atoms with E-state index >= 15 is 0 Å². The Morgan fingerprint density at radius 2 is 1.74 bits per heavy atom. The number of sulfonamides is 1. The van der Waals surface area contributed by atoms with Crippen molar-refractivity contribution in [1.82, 2.24) is 0 Å². The van der Waals surface area contributed by atoms with Gasteiger partial charge in [0.15, 0.2) is 0 Å². The van der Waals surface area contributed by atoms with E-state index in [-0.39, 0.29) is 16.7 Å². The summed E-state index contributed by atoms with van der Waals surface area (Å²) in [5, 5.41) is 2.68. The van der Waals surface area contributed by atoms with Crippen LogP contribution in [0.4, 0.5) is 17.1 Å². The summed E-state index contributed by atoms with van der Waals surface area (Å²) in [5.74, 6) is -0.168. The molecule has 0 unspecified atom stereocenters. The SMILES string of the molecule is CCC(=O)Nc1ccc(S(=O)(=O)Nc2ccc3c(c2)CCN3C(C)=O)cc1. The minimum Gasteiger partial charge on any atom is -0.326 e. The number of carbonyl (C=O) groups excluding carboxylic acids is 2. The van der Waals surface area contributed by atoms with Crippen molar-refractivity contribution in [2.45, 2.75) is 31.6 Å². The van der Waals surface area contributed by atoms with Gasteiger partial charge in [-0.3, -0.25) is 14.3 Å². The number of nitrogens with one attached hydrogen (secondary N) is 2. The smallest absolute Gasteiger partial charge is 0.261 e. The number of benzene rings is 2. The normalized spacial score (nSPS) is 13.2. The molecule has 0 saturated carbocycles. The number of carbonyl (C=O) groups is 2. The van der Waals surface area contributed by atoms with Gasteiger partial charge in [-0.1, -0.05) is 6.92 Å². The van der Waals surface area contributed by atoms with Crippen LogP contribution < -0.4 is 14.9 Å². The van der Waals surface area contributed by atoms with Crippen molar-refractivity contribution in [3.8, 4) is 0 Å². The second-order valence-electron chi connectivity index (χ2n) is 6.30. The molecule has 0 aromatic heterocycles. The van der Waals surface area contributed by atoms with Crippen LogP contribution in [0.1, 0.15) is 25.8 Å². The van der Waals surface area contributed by atoms with Crippen LogP contribution in [0.25, 0.3) is 0 Å². The Kier molecular flexibility index (Phi) is 5.18. The Morgan fingerprint density at radius 1 is 1.07 bits per heavy atom. The molecule has 1 heterocycles. The van der Waals surface area contributed by atoms with E-state index in [9.17, 15) is 18.0 Å². The van der Waals surface area contributed by atoms with E-state index in [1.807, 2.05) is 0 Å². The predicted molar refractivity (Wildman–Crippen MR) is 104 cm³/mol. The van der Waals surface area contributed by atoms with Gasteiger partial charge in [0, 0.05) is 37.0 Å². The first kappa shape index (κ1) is 18.9. The van der Waals surface area contributed by atoms with Crippen LogP contribution in [0.3, 0.4) is 0 Å². The third-order valence-electron chi connectivity index (χ3n) is 4.38. The maximum atomic E-state index is 12.6. The Labute approximate surface area is 158 Å². The van der Waals surface area contributed by atoms with E-state index in [2.05, 4.69) is 10.0 Å². The lowest BCUT2D eigenvalue weighted by atomic mass is 10.1. The topological polar surface area (TPSA) is 95.6 Å². The molecule has 0 radical (unpaired) electrons. The van der Waals surface area contributed by atoms with Gasteiger partial charge in [-0.2, -0.15) is 0 Å². The summed E-state index contributed by atoms with van der Waals surface area (Å²) in [4.78, 5) is 24.8. The maximum absolute atomic E-state index is 12.6. The third kappa shape index (κ3) is 4.11. The molecule has 3 rings (SSSR count). The molecule has 1 aliphatic heterocycles. The van der Waals surface area contributed by atoms with Crippen molar-refractivity contribution in [2.24, 2.45) is 0 Å². The first-order chi connectivity index (χ1) is 12.8. The lowest BCUT2D eigenvalue weighted by Crippen LogP contribution is -2.25. The highest BCUT2D eigenvalue weighted by atomic mass is 32.2. The summed E-state index contributed by atoms with van der Waals surface area (Å²) in [6.07, 6.45) is 1.04. The number of hydrogen-bond donors (Lipinski definition) is 2. The van der Waals surface area contributed by atoms with Gasteiger partial charge in [0.1, 0.15) is 0 Å². The number of fused-ring (bicyclic) bond motifs is 1. The summed E-state index contributed by atoms with van der Waals surface area (Å²) in [7, 11) is -3.75. The minimum absolute atomic E-state index is 0.0302. The highest BCUT2D eigenvalue weighted by Crippen LogP contribution is 2.31. The first-order valence-electron chi connectivity index (χ1n) is 8.64. The predicted octanol–water partition coefficient (Wildman–Crippen LogP) is 2.74. The summed E-state index contributed by atoms with van der Waals surface area (Å²) in [6.45, 7) is 3.86. The van der Waals surface area contributed by atoms with Crippen molar-refractivity contribution < 1.29 is 18.0 Å². The molecule has 2 aromatic carbocycles. The monoisotopic (exact) mass is 387 g/mol. The minimum atomic E-state index is -3.75. The molecule has 0 bridgehead atoms. The van der Waals surface area contributed by atoms with E-state index in [1.54, 1.807) is 42.2 Å². The van der Waals surface area contributed by atoms with Crippen molar-refractivity contribution in [2.75, 3.05) is 21.5 Å². The van der Waals surface area contributed by atoms with Crippen LogP contribution in [0.2, 0.25) is 0 Å². The molecule has 0 atom stereocenters. The first-order valence-corrected chi connectivity index (χ1v) is 10.1. The second-order valence-corrected chi connectivity index (χ2v) is 7.98. The van der Waals surface area contributed by atoms with Crippen LogP contribution in [0.5, 0.6) is 0 Å². The van der Waals surface area contributed by atoms with Gasteiger partial charge in [0.25, 0.3) is 10.0 Å². The maximum Gasteiger partial charge on any atom is 0.261 e. The van der Waals surface area contributed by atoms with Crippen molar-refractivity contribution in [3.63, 3.8) is 0 Å². The molecule has 27 heavy (non-hydrogen) atoms. The molecule has 0 saturated heterocycles. The zero-order valence-electron chi connectivity index (χ0n) is 15.2. The van der Waals surface area contributed by atoms with Gasteiger partial charge in [0.2, 0.25) is 11.8 Å². The van der Waals surface area contributed by atoms with Gasteiger partial charge in [0.05, 0.1) is 4.90 Å². The molecule has 2 amide bonds. The zero-order chi connectivity index (χ0) is 19.6. The van der Waals surface area contributed by atoms with Crippen LogP contribution >= 0.6 is 0 Å². The summed E-state index contributed by atoms with van der Waals surface area (Å²) in [6, 6.07) is 11.1. The number of hydrogen-bond acceptors (Lipinski definition) is 4. The molecular weight excluding hydrogens is 366 g/mol. The molecule has 2 N–H and O–H groups in total. The zero-order valence-corrected chi connectivity index (χ0v) is 16.0. The third-order valence-corrected chi connectivity index (χ3v) is 5.77. The van der Waals surface area contributed by atoms with Gasteiger partial charge in [-0.05, 0) is 54.4 Å². The Bertz CT molecular complexity index is 985. The fourth-order valence-corrected chi connectivity index (χ4v) is 4.02. The lowest BCUT2D eigenvalue weighted by Gasteiger charge is -2.15. The van der Waals surface area contributed by atoms with Crippen molar-refractivity contribution >= 4 is 38.9 Å². The number of rotatable bonds is 5. The summed E-state index contributed by atoms with van der Waals surface area (Å²) < 4.78 is 27.8. The Morgan fingerprint density at radius 3 is 2.37 bits per heavy atom.